The second kappa shape index (κ2) is 9.98. The van der Waals surface area contributed by atoms with Crippen molar-refractivity contribution >= 4 is 39.3 Å². The minimum Gasteiger partial charge on any atom is -0.444 e. The predicted octanol–water partition coefficient (Wildman–Crippen LogP) is 6.31. The number of benzene rings is 1. The lowest BCUT2D eigenvalue weighted by molar-refractivity contribution is -0.0703. The molecule has 0 aliphatic heterocycles. The van der Waals surface area contributed by atoms with Crippen LogP contribution in [0.2, 0.25) is 0 Å². The summed E-state index contributed by atoms with van der Waals surface area (Å²) in [4.78, 5) is 21.6. The van der Waals surface area contributed by atoms with E-state index in [2.05, 4.69) is 56.6 Å². The number of nitriles is 1. The van der Waals surface area contributed by atoms with Crippen molar-refractivity contribution in [3.63, 3.8) is 0 Å². The lowest BCUT2D eigenvalue weighted by Crippen LogP contribution is -2.60. The van der Waals surface area contributed by atoms with E-state index in [-0.39, 0.29) is 17.6 Å². The van der Waals surface area contributed by atoms with E-state index >= 15 is 0 Å². The number of anilines is 2. The monoisotopic (exact) mass is 544 g/mol. The first-order valence-corrected chi connectivity index (χ1v) is 14.8. The van der Waals surface area contributed by atoms with Crippen LogP contribution in [0, 0.1) is 34.5 Å². The fourth-order valence-electron chi connectivity index (χ4n) is 7.39. The molecule has 1 amide bonds. The van der Waals surface area contributed by atoms with Gasteiger partial charge in [-0.15, -0.1) is 11.3 Å². The fraction of sp³-hybridized carbons (Fsp3) is 0.533. The molecule has 4 aliphatic carbocycles. The maximum atomic E-state index is 12.5. The summed E-state index contributed by atoms with van der Waals surface area (Å²) in [5.74, 6) is 2.72. The van der Waals surface area contributed by atoms with Crippen molar-refractivity contribution in [2.45, 2.75) is 71.1 Å². The van der Waals surface area contributed by atoms with Gasteiger partial charge in [0.15, 0.2) is 0 Å². The molecule has 9 heteroatoms. The quantitative estimate of drug-likeness (QED) is 0.320. The molecule has 39 heavy (non-hydrogen) atoms. The molecule has 3 unspecified atom stereocenters. The van der Waals surface area contributed by atoms with E-state index in [4.69, 9.17) is 9.72 Å². The molecule has 7 rings (SSSR count). The van der Waals surface area contributed by atoms with Crippen LogP contribution in [0.25, 0.3) is 10.1 Å². The van der Waals surface area contributed by atoms with Crippen LogP contribution in [0.3, 0.4) is 0 Å². The van der Waals surface area contributed by atoms with E-state index in [1.54, 1.807) is 17.5 Å². The molecular weight excluding hydrogens is 508 g/mol. The number of hydrogen-bond donors (Lipinski definition) is 3. The highest BCUT2D eigenvalue weighted by molar-refractivity contribution is 7.17. The van der Waals surface area contributed by atoms with Crippen molar-refractivity contribution in [3.05, 3.63) is 47.0 Å². The number of thiophene rings is 1. The highest BCUT2D eigenvalue weighted by Gasteiger charge is 2.55. The van der Waals surface area contributed by atoms with Gasteiger partial charge in [0.2, 0.25) is 5.95 Å². The van der Waals surface area contributed by atoms with Crippen LogP contribution in [-0.4, -0.2) is 34.2 Å². The van der Waals surface area contributed by atoms with Crippen LogP contribution in [0.5, 0.6) is 0 Å². The van der Waals surface area contributed by atoms with Crippen LogP contribution >= 0.6 is 11.3 Å². The number of nitrogens with zero attached hydrogens (tertiary/aromatic N) is 3. The molecule has 4 bridgehead atoms. The Bertz CT molecular complexity index is 1410. The number of fused-ring (bicyclic) bond motifs is 1. The number of ether oxygens (including phenoxy) is 1. The second-order valence-electron chi connectivity index (χ2n) is 12.7. The number of amides is 1. The summed E-state index contributed by atoms with van der Waals surface area (Å²) in [5, 5.41) is 23.2. The predicted molar refractivity (Wildman–Crippen MR) is 154 cm³/mol. The summed E-state index contributed by atoms with van der Waals surface area (Å²) in [7, 11) is 0. The number of carbonyl (C=O) groups is 1. The van der Waals surface area contributed by atoms with E-state index in [9.17, 15) is 10.1 Å². The SMILES string of the molecule is CC(C)(C)OC(=O)NC1[C@@H]2CC3C[C@H]1CC(CNc1nc(NCc4csc5ccccc45)ncc1C#N)(C3)C2. The standard InChI is InChI=1S/C30H36N6O2S/c1-29(2,3)38-28(37)35-25-19-8-18-9-20(25)12-30(10-18,11-19)17-34-26-21(13-31)14-32-27(36-26)33-15-22-16-39-24-7-5-4-6-23(22)24/h4-7,14,16,18-20,25H,8-12,15,17H2,1-3H3,(H,35,37)(H2,32,33,34,36)/t18?,19-,20+,25?,30?. The van der Waals surface area contributed by atoms with E-state index in [0.717, 1.165) is 19.4 Å². The molecule has 1 aromatic carbocycles. The van der Waals surface area contributed by atoms with Gasteiger partial charge in [0.05, 0.1) is 6.20 Å². The van der Waals surface area contributed by atoms with Gasteiger partial charge in [-0.3, -0.25) is 0 Å². The Kier molecular flexibility index (Phi) is 6.62. The zero-order valence-electron chi connectivity index (χ0n) is 22.8. The van der Waals surface area contributed by atoms with Crippen LogP contribution in [-0.2, 0) is 11.3 Å². The molecule has 4 saturated carbocycles. The Hall–Kier alpha value is -3.38. The van der Waals surface area contributed by atoms with Gasteiger partial charge in [0.1, 0.15) is 23.1 Å². The Morgan fingerprint density at radius 1 is 1.18 bits per heavy atom. The van der Waals surface area contributed by atoms with Crippen molar-refractivity contribution < 1.29 is 9.53 Å². The molecule has 0 saturated heterocycles. The minimum atomic E-state index is -0.498. The zero-order chi connectivity index (χ0) is 27.2. The third kappa shape index (κ3) is 5.40. The van der Waals surface area contributed by atoms with Gasteiger partial charge in [-0.2, -0.15) is 10.2 Å². The van der Waals surface area contributed by atoms with Crippen molar-refractivity contribution in [2.75, 3.05) is 17.2 Å². The second-order valence-corrected chi connectivity index (χ2v) is 13.6. The third-order valence-corrected chi connectivity index (χ3v) is 9.63. The Morgan fingerprint density at radius 3 is 2.69 bits per heavy atom. The number of hydrogen-bond acceptors (Lipinski definition) is 8. The molecule has 0 radical (unpaired) electrons. The van der Waals surface area contributed by atoms with E-state index in [0.29, 0.717) is 41.6 Å². The number of aromatic nitrogens is 2. The van der Waals surface area contributed by atoms with Gasteiger partial charge >= 0.3 is 6.09 Å². The molecule has 4 aliphatic rings. The van der Waals surface area contributed by atoms with Gasteiger partial charge in [0.25, 0.3) is 0 Å². The maximum absolute atomic E-state index is 12.5. The molecule has 3 aromatic rings. The first kappa shape index (κ1) is 25.9. The summed E-state index contributed by atoms with van der Waals surface area (Å²) in [6.07, 6.45) is 6.96. The smallest absolute Gasteiger partial charge is 0.407 e. The van der Waals surface area contributed by atoms with Gasteiger partial charge in [-0.1, -0.05) is 18.2 Å². The average Bonchev–Trinajstić information content (AvgIpc) is 3.30. The Morgan fingerprint density at radius 2 is 1.95 bits per heavy atom. The first-order valence-electron chi connectivity index (χ1n) is 13.9. The van der Waals surface area contributed by atoms with Crippen molar-refractivity contribution in [1.82, 2.24) is 15.3 Å². The van der Waals surface area contributed by atoms with Gasteiger partial charge in [0, 0.05) is 23.8 Å². The topological polar surface area (TPSA) is 112 Å². The van der Waals surface area contributed by atoms with Crippen LogP contribution < -0.4 is 16.0 Å². The molecule has 3 N–H and O–H groups in total. The summed E-state index contributed by atoms with van der Waals surface area (Å²) in [5.41, 5.74) is 1.32. The lowest BCUT2D eigenvalue weighted by Gasteiger charge is -2.60. The molecule has 4 fully saturated rings. The molecule has 5 atom stereocenters. The highest BCUT2D eigenvalue weighted by Crippen LogP contribution is 2.60. The van der Waals surface area contributed by atoms with Gasteiger partial charge in [-0.25, -0.2) is 9.78 Å². The molecule has 0 spiro atoms. The maximum Gasteiger partial charge on any atom is 0.407 e. The fourth-order valence-corrected chi connectivity index (χ4v) is 8.35. The summed E-state index contributed by atoms with van der Waals surface area (Å²) in [6, 6.07) is 10.8. The third-order valence-electron chi connectivity index (χ3n) is 8.62. The van der Waals surface area contributed by atoms with E-state index in [1.807, 2.05) is 20.8 Å². The van der Waals surface area contributed by atoms with E-state index < -0.39 is 5.60 Å². The summed E-state index contributed by atoms with van der Waals surface area (Å²) in [6.45, 7) is 7.10. The molecule has 2 aromatic heterocycles. The largest absolute Gasteiger partial charge is 0.444 e. The minimum absolute atomic E-state index is 0.156. The van der Waals surface area contributed by atoms with Crippen molar-refractivity contribution in [3.8, 4) is 6.07 Å². The van der Waals surface area contributed by atoms with Crippen LogP contribution in [0.1, 0.15) is 64.0 Å². The summed E-state index contributed by atoms with van der Waals surface area (Å²) >= 11 is 1.73. The van der Waals surface area contributed by atoms with E-state index in [1.165, 1.54) is 34.9 Å². The normalized spacial score (nSPS) is 27.2. The average molecular weight is 545 g/mol. The van der Waals surface area contributed by atoms with Crippen LogP contribution in [0.4, 0.5) is 16.6 Å². The lowest BCUT2D eigenvalue weighted by atomic mass is 9.48. The molecule has 2 heterocycles. The van der Waals surface area contributed by atoms with Crippen molar-refractivity contribution in [1.29, 1.82) is 5.26 Å². The number of alkyl carbamates (subject to hydrolysis) is 1. The van der Waals surface area contributed by atoms with Crippen molar-refractivity contribution in [2.24, 2.45) is 23.2 Å². The Labute approximate surface area is 233 Å². The molecular formula is C30H36N6O2S. The number of carbonyl (C=O) groups excluding carboxylic acids is 1. The summed E-state index contributed by atoms with van der Waals surface area (Å²) < 4.78 is 6.82. The van der Waals surface area contributed by atoms with Gasteiger partial charge < -0.3 is 20.7 Å². The molecule has 8 nitrogen and oxygen atoms in total. The highest BCUT2D eigenvalue weighted by atomic mass is 32.1. The zero-order valence-corrected chi connectivity index (χ0v) is 23.6. The van der Waals surface area contributed by atoms with Gasteiger partial charge in [-0.05, 0) is 98.4 Å². The number of nitrogens with one attached hydrogen (secondary N) is 3. The van der Waals surface area contributed by atoms with Crippen LogP contribution in [0.15, 0.2) is 35.8 Å². The Balaban J connectivity index is 1.12. The molecule has 204 valence electrons. The first-order chi connectivity index (χ1) is 18.7. The number of rotatable bonds is 7.